The molecule has 1 aliphatic heterocycles. The maximum Gasteiger partial charge on any atom is 0.247 e. The lowest BCUT2D eigenvalue weighted by Crippen LogP contribution is -2.35. The van der Waals surface area contributed by atoms with E-state index in [4.69, 9.17) is 0 Å². The van der Waals surface area contributed by atoms with Gasteiger partial charge in [0.05, 0.1) is 6.07 Å². The van der Waals surface area contributed by atoms with Crippen LogP contribution in [0.15, 0.2) is 36.7 Å². The first-order valence-corrected chi connectivity index (χ1v) is 9.22. The molecule has 28 heavy (non-hydrogen) atoms. The SMILES string of the molecule is CC(=O)Nc1ccnc(Nc2cc(N3CC[C@@](C#N)(C4CC4)C3=O)ccn2)c1. The van der Waals surface area contributed by atoms with E-state index in [9.17, 15) is 14.9 Å². The molecular weight excluding hydrogens is 356 g/mol. The Labute approximate surface area is 162 Å². The minimum Gasteiger partial charge on any atom is -0.326 e. The molecule has 3 heterocycles. The molecule has 2 fully saturated rings. The summed E-state index contributed by atoms with van der Waals surface area (Å²) < 4.78 is 0. The molecule has 4 rings (SSSR count). The van der Waals surface area contributed by atoms with Crippen molar-refractivity contribution in [2.75, 3.05) is 22.1 Å². The van der Waals surface area contributed by atoms with Crippen LogP contribution in [0.5, 0.6) is 0 Å². The largest absolute Gasteiger partial charge is 0.326 e. The molecule has 2 aromatic heterocycles. The van der Waals surface area contributed by atoms with Gasteiger partial charge in [-0.1, -0.05) is 0 Å². The number of nitriles is 1. The molecule has 1 saturated heterocycles. The van der Waals surface area contributed by atoms with Crippen molar-refractivity contribution in [2.45, 2.75) is 26.2 Å². The summed E-state index contributed by atoms with van der Waals surface area (Å²) in [6, 6.07) is 9.23. The Hall–Kier alpha value is -3.47. The van der Waals surface area contributed by atoms with Crippen molar-refractivity contribution < 1.29 is 9.59 Å². The number of nitrogens with zero attached hydrogens (tertiary/aromatic N) is 4. The van der Waals surface area contributed by atoms with Crippen LogP contribution >= 0.6 is 0 Å². The molecule has 8 nitrogen and oxygen atoms in total. The average Bonchev–Trinajstić information content (AvgIpc) is 3.46. The highest BCUT2D eigenvalue weighted by Gasteiger charge is 2.56. The van der Waals surface area contributed by atoms with Crippen LogP contribution in [0.2, 0.25) is 0 Å². The smallest absolute Gasteiger partial charge is 0.247 e. The zero-order valence-corrected chi connectivity index (χ0v) is 15.5. The van der Waals surface area contributed by atoms with Gasteiger partial charge in [0.15, 0.2) is 0 Å². The standard InChI is InChI=1S/C20H20N6O2/c1-13(27)24-15-4-7-22-17(10-15)25-18-11-16(5-8-23-18)26-9-6-20(12-21,19(26)28)14-2-3-14/h4-5,7-8,10-11,14H,2-3,6,9H2,1H3,(H2,22,23,24,25,27)/t20-/m1/s1. The van der Waals surface area contributed by atoms with Gasteiger partial charge in [0.1, 0.15) is 17.1 Å². The summed E-state index contributed by atoms with van der Waals surface area (Å²) >= 11 is 0. The molecule has 2 aromatic rings. The lowest BCUT2D eigenvalue weighted by Gasteiger charge is -2.21. The van der Waals surface area contributed by atoms with Crippen molar-refractivity contribution in [3.63, 3.8) is 0 Å². The fourth-order valence-corrected chi connectivity index (χ4v) is 3.70. The number of hydrogen-bond donors (Lipinski definition) is 2. The van der Waals surface area contributed by atoms with Crippen molar-refractivity contribution in [1.82, 2.24) is 9.97 Å². The Morgan fingerprint density at radius 1 is 1.25 bits per heavy atom. The van der Waals surface area contributed by atoms with Crippen molar-refractivity contribution in [1.29, 1.82) is 5.26 Å². The quantitative estimate of drug-likeness (QED) is 0.830. The molecule has 2 aliphatic rings. The Balaban J connectivity index is 1.54. The zero-order valence-electron chi connectivity index (χ0n) is 15.5. The third-order valence-electron chi connectivity index (χ3n) is 5.22. The lowest BCUT2D eigenvalue weighted by molar-refractivity contribution is -0.123. The van der Waals surface area contributed by atoms with E-state index in [1.54, 1.807) is 41.6 Å². The molecule has 142 valence electrons. The molecule has 1 atom stereocenters. The van der Waals surface area contributed by atoms with E-state index in [-0.39, 0.29) is 17.7 Å². The van der Waals surface area contributed by atoms with Gasteiger partial charge in [-0.25, -0.2) is 9.97 Å². The van der Waals surface area contributed by atoms with E-state index in [1.165, 1.54) is 6.92 Å². The van der Waals surface area contributed by atoms with Crippen LogP contribution in [-0.4, -0.2) is 28.3 Å². The number of hydrogen-bond acceptors (Lipinski definition) is 6. The molecule has 0 aromatic carbocycles. The first-order chi connectivity index (χ1) is 13.5. The monoisotopic (exact) mass is 376 g/mol. The van der Waals surface area contributed by atoms with Crippen molar-refractivity contribution in [2.24, 2.45) is 11.3 Å². The summed E-state index contributed by atoms with van der Waals surface area (Å²) in [6.07, 6.45) is 5.67. The molecule has 8 heteroatoms. The minimum absolute atomic E-state index is 0.111. The number of nitrogens with one attached hydrogen (secondary N) is 2. The number of rotatable bonds is 5. The summed E-state index contributed by atoms with van der Waals surface area (Å²) in [6.45, 7) is 1.97. The van der Waals surface area contributed by atoms with Crippen LogP contribution in [0, 0.1) is 22.7 Å². The van der Waals surface area contributed by atoms with Crippen LogP contribution in [0.3, 0.4) is 0 Å². The highest BCUT2D eigenvalue weighted by Crippen LogP contribution is 2.51. The van der Waals surface area contributed by atoms with Crippen LogP contribution in [-0.2, 0) is 9.59 Å². The van der Waals surface area contributed by atoms with E-state index in [1.807, 2.05) is 0 Å². The summed E-state index contributed by atoms with van der Waals surface area (Å²) in [7, 11) is 0. The number of aromatic nitrogens is 2. The maximum absolute atomic E-state index is 13.0. The molecule has 0 unspecified atom stereocenters. The number of anilines is 4. The van der Waals surface area contributed by atoms with Crippen LogP contribution < -0.4 is 15.5 Å². The number of carbonyl (C=O) groups excluding carboxylic acids is 2. The van der Waals surface area contributed by atoms with Gasteiger partial charge < -0.3 is 15.5 Å². The normalized spacial score (nSPS) is 21.3. The van der Waals surface area contributed by atoms with Gasteiger partial charge in [0, 0.05) is 49.4 Å². The molecule has 0 radical (unpaired) electrons. The molecule has 1 saturated carbocycles. The second-order valence-corrected chi connectivity index (χ2v) is 7.20. The predicted molar refractivity (Wildman–Crippen MR) is 104 cm³/mol. The Bertz CT molecular complexity index is 981. The second-order valence-electron chi connectivity index (χ2n) is 7.20. The lowest BCUT2D eigenvalue weighted by atomic mass is 9.83. The topological polar surface area (TPSA) is 111 Å². The highest BCUT2D eigenvalue weighted by atomic mass is 16.2. The van der Waals surface area contributed by atoms with Crippen molar-refractivity contribution >= 4 is 34.8 Å². The first-order valence-electron chi connectivity index (χ1n) is 9.22. The third kappa shape index (κ3) is 3.27. The summed E-state index contributed by atoms with van der Waals surface area (Å²) in [4.78, 5) is 34.4. The van der Waals surface area contributed by atoms with Gasteiger partial charge >= 0.3 is 0 Å². The molecule has 0 spiro atoms. The highest BCUT2D eigenvalue weighted by molar-refractivity contribution is 6.02. The van der Waals surface area contributed by atoms with Gasteiger partial charge in [-0.15, -0.1) is 0 Å². The summed E-state index contributed by atoms with van der Waals surface area (Å²) in [5, 5.41) is 15.4. The Kier molecular flexibility index (Phi) is 4.43. The van der Waals surface area contributed by atoms with E-state index >= 15 is 0 Å². The molecule has 0 bridgehead atoms. The van der Waals surface area contributed by atoms with Gasteiger partial charge in [-0.3, -0.25) is 9.59 Å². The molecule has 2 N–H and O–H groups in total. The van der Waals surface area contributed by atoms with Gasteiger partial charge in [0.2, 0.25) is 11.8 Å². The van der Waals surface area contributed by atoms with E-state index in [2.05, 4.69) is 26.7 Å². The zero-order chi connectivity index (χ0) is 19.7. The van der Waals surface area contributed by atoms with Gasteiger partial charge in [0.25, 0.3) is 0 Å². The Morgan fingerprint density at radius 2 is 1.96 bits per heavy atom. The van der Waals surface area contributed by atoms with Gasteiger partial charge in [-0.05, 0) is 37.3 Å². The second kappa shape index (κ2) is 6.93. The van der Waals surface area contributed by atoms with Crippen molar-refractivity contribution in [3.05, 3.63) is 36.7 Å². The molecular formula is C20H20N6O2. The average molecular weight is 376 g/mol. The van der Waals surface area contributed by atoms with Gasteiger partial charge in [-0.2, -0.15) is 5.26 Å². The summed E-state index contributed by atoms with van der Waals surface area (Å²) in [5.74, 6) is 0.962. The van der Waals surface area contributed by atoms with E-state index in [0.717, 1.165) is 12.8 Å². The number of amides is 2. The first kappa shape index (κ1) is 17.9. The van der Waals surface area contributed by atoms with Crippen LogP contribution in [0.1, 0.15) is 26.2 Å². The number of pyridine rings is 2. The van der Waals surface area contributed by atoms with E-state index in [0.29, 0.717) is 36.0 Å². The fraction of sp³-hybridized carbons (Fsp3) is 0.350. The molecule has 2 amide bonds. The predicted octanol–water partition coefficient (Wildman–Crippen LogP) is 2.84. The van der Waals surface area contributed by atoms with E-state index < -0.39 is 5.41 Å². The van der Waals surface area contributed by atoms with Crippen molar-refractivity contribution in [3.8, 4) is 6.07 Å². The minimum atomic E-state index is -0.870. The molecule has 1 aliphatic carbocycles. The Morgan fingerprint density at radius 3 is 2.64 bits per heavy atom. The summed E-state index contributed by atoms with van der Waals surface area (Å²) in [5.41, 5.74) is 0.461. The maximum atomic E-state index is 13.0. The fourth-order valence-electron chi connectivity index (χ4n) is 3.70. The number of carbonyl (C=O) groups is 2. The third-order valence-corrected chi connectivity index (χ3v) is 5.22. The van der Waals surface area contributed by atoms with Crippen LogP contribution in [0.4, 0.5) is 23.0 Å². The van der Waals surface area contributed by atoms with Crippen LogP contribution in [0.25, 0.3) is 0 Å².